The summed E-state index contributed by atoms with van der Waals surface area (Å²) in [5.41, 5.74) is 1.99. The summed E-state index contributed by atoms with van der Waals surface area (Å²) >= 11 is 5.46. The largest absolute Gasteiger partial charge is 0.310 e. The first kappa shape index (κ1) is 14.4. The van der Waals surface area contributed by atoms with Gasteiger partial charge in [-0.15, -0.1) is 0 Å². The number of hydrogen-bond donors (Lipinski definition) is 1. The third-order valence-corrected chi connectivity index (χ3v) is 5.28. The molecule has 2 rings (SSSR count). The molecule has 1 aliphatic rings. The van der Waals surface area contributed by atoms with Gasteiger partial charge >= 0.3 is 0 Å². The normalized spacial score (nSPS) is 23.6. The molecule has 0 spiro atoms. The van der Waals surface area contributed by atoms with Crippen molar-refractivity contribution in [3.05, 3.63) is 33.5 Å². The molecule has 1 heterocycles. The van der Waals surface area contributed by atoms with E-state index in [1.165, 1.54) is 0 Å². The predicted octanol–water partition coefficient (Wildman–Crippen LogP) is 4.65. The fraction of sp³-hybridized carbons (Fsp3) is 0.571. The van der Waals surface area contributed by atoms with Gasteiger partial charge in [-0.25, -0.2) is 4.39 Å². The second kappa shape index (κ2) is 6.40. The molecular weight excluding hydrogens is 313 g/mol. The highest BCUT2D eigenvalue weighted by Crippen LogP contribution is 2.39. The van der Waals surface area contributed by atoms with Crippen molar-refractivity contribution in [3.8, 4) is 0 Å². The first-order valence-corrected chi connectivity index (χ1v) is 8.29. The van der Waals surface area contributed by atoms with E-state index in [0.717, 1.165) is 40.7 Å². The van der Waals surface area contributed by atoms with Crippen LogP contribution < -0.4 is 5.32 Å². The second-order valence-corrected chi connectivity index (χ2v) is 7.07. The summed E-state index contributed by atoms with van der Waals surface area (Å²) in [6, 6.07) is 3.54. The van der Waals surface area contributed by atoms with E-state index in [4.69, 9.17) is 0 Å². The lowest BCUT2D eigenvalue weighted by atomic mass is 9.97. The summed E-state index contributed by atoms with van der Waals surface area (Å²) in [7, 11) is 0. The van der Waals surface area contributed by atoms with Crippen molar-refractivity contribution in [2.24, 2.45) is 0 Å². The van der Waals surface area contributed by atoms with E-state index in [0.29, 0.717) is 5.25 Å². The number of hydrogen-bond acceptors (Lipinski definition) is 2. The number of benzene rings is 1. The Morgan fingerprint density at radius 2 is 2.28 bits per heavy atom. The van der Waals surface area contributed by atoms with E-state index in [1.807, 2.05) is 17.8 Å². The molecule has 1 aromatic carbocycles. The van der Waals surface area contributed by atoms with Crippen molar-refractivity contribution >= 4 is 27.7 Å². The number of halogens is 2. The van der Waals surface area contributed by atoms with Crippen LogP contribution in [0.1, 0.15) is 43.9 Å². The van der Waals surface area contributed by atoms with Crippen molar-refractivity contribution in [2.45, 2.75) is 43.7 Å². The number of thioether (sulfide) groups is 1. The molecule has 1 N–H and O–H groups in total. The quantitative estimate of drug-likeness (QED) is 0.864. The lowest BCUT2D eigenvalue weighted by molar-refractivity contribution is 0.473. The van der Waals surface area contributed by atoms with Crippen LogP contribution in [0.3, 0.4) is 0 Å². The molecule has 0 saturated carbocycles. The van der Waals surface area contributed by atoms with Gasteiger partial charge in [-0.1, -0.05) is 29.8 Å². The first-order chi connectivity index (χ1) is 8.63. The van der Waals surface area contributed by atoms with Gasteiger partial charge in [-0.2, -0.15) is 11.8 Å². The van der Waals surface area contributed by atoms with E-state index < -0.39 is 0 Å². The molecule has 0 radical (unpaired) electrons. The van der Waals surface area contributed by atoms with Gasteiger partial charge in [0.05, 0.1) is 0 Å². The molecule has 100 valence electrons. The molecule has 1 aromatic rings. The van der Waals surface area contributed by atoms with Crippen LogP contribution in [0, 0.1) is 5.82 Å². The van der Waals surface area contributed by atoms with Crippen LogP contribution in [0.15, 0.2) is 16.6 Å². The van der Waals surface area contributed by atoms with E-state index in [2.05, 4.69) is 35.1 Å². The summed E-state index contributed by atoms with van der Waals surface area (Å²) < 4.78 is 15.2. The molecule has 2 unspecified atom stereocenters. The molecule has 0 saturated heterocycles. The number of rotatable bonds is 3. The molecule has 0 amide bonds. The Kier molecular flexibility index (Phi) is 5.10. The third-order valence-electron chi connectivity index (χ3n) is 3.32. The van der Waals surface area contributed by atoms with Gasteiger partial charge in [0.1, 0.15) is 5.82 Å². The monoisotopic (exact) mass is 331 g/mol. The van der Waals surface area contributed by atoms with Gasteiger partial charge in [0.2, 0.25) is 0 Å². The summed E-state index contributed by atoms with van der Waals surface area (Å²) in [6.45, 7) is 5.30. The lowest BCUT2D eigenvalue weighted by Crippen LogP contribution is -2.25. The zero-order valence-electron chi connectivity index (χ0n) is 10.8. The average molecular weight is 332 g/mol. The lowest BCUT2D eigenvalue weighted by Gasteiger charge is -2.21. The Morgan fingerprint density at radius 3 is 3.00 bits per heavy atom. The predicted molar refractivity (Wildman–Crippen MR) is 80.5 cm³/mol. The summed E-state index contributed by atoms with van der Waals surface area (Å²) in [5.74, 6) is 0.815. The number of fused-ring (bicyclic) bond motifs is 1. The van der Waals surface area contributed by atoms with Crippen LogP contribution in [0.5, 0.6) is 0 Å². The highest BCUT2D eigenvalue weighted by Gasteiger charge is 2.26. The first-order valence-electron chi connectivity index (χ1n) is 6.45. The molecule has 1 aliphatic heterocycles. The van der Waals surface area contributed by atoms with Gasteiger partial charge in [0.25, 0.3) is 0 Å². The molecule has 0 aliphatic carbocycles. The van der Waals surface area contributed by atoms with Crippen LogP contribution >= 0.6 is 27.7 Å². The molecule has 1 nitrogen and oxygen atoms in total. The zero-order valence-corrected chi connectivity index (χ0v) is 13.2. The van der Waals surface area contributed by atoms with Gasteiger partial charge in [0.15, 0.2) is 0 Å². The van der Waals surface area contributed by atoms with Crippen molar-refractivity contribution in [1.29, 1.82) is 0 Å². The van der Waals surface area contributed by atoms with Crippen LogP contribution in [0.2, 0.25) is 0 Å². The Hall–Kier alpha value is -0.0600. The molecule has 0 fully saturated rings. The van der Waals surface area contributed by atoms with Crippen molar-refractivity contribution in [2.75, 3.05) is 6.54 Å². The van der Waals surface area contributed by atoms with Gasteiger partial charge in [-0.05, 0) is 37.1 Å². The Bertz CT molecular complexity index is 425. The summed E-state index contributed by atoms with van der Waals surface area (Å²) in [5, 5.41) is 4.05. The van der Waals surface area contributed by atoms with Gasteiger partial charge < -0.3 is 5.32 Å². The van der Waals surface area contributed by atoms with Gasteiger partial charge in [0, 0.05) is 27.1 Å². The molecule has 18 heavy (non-hydrogen) atoms. The third kappa shape index (κ3) is 3.09. The van der Waals surface area contributed by atoms with E-state index in [9.17, 15) is 4.39 Å². The van der Waals surface area contributed by atoms with E-state index in [-0.39, 0.29) is 11.9 Å². The molecular formula is C14H19BrFNS. The van der Waals surface area contributed by atoms with Crippen molar-refractivity contribution in [1.82, 2.24) is 5.32 Å². The minimum atomic E-state index is -0.0727. The van der Waals surface area contributed by atoms with E-state index in [1.54, 1.807) is 6.07 Å². The van der Waals surface area contributed by atoms with Crippen LogP contribution in [0.25, 0.3) is 0 Å². The van der Waals surface area contributed by atoms with Crippen LogP contribution in [-0.4, -0.2) is 11.8 Å². The molecule has 0 aromatic heterocycles. The fourth-order valence-electron chi connectivity index (χ4n) is 2.38. The summed E-state index contributed by atoms with van der Waals surface area (Å²) in [4.78, 5) is 0. The van der Waals surface area contributed by atoms with Gasteiger partial charge in [-0.3, -0.25) is 0 Å². The average Bonchev–Trinajstić information content (AvgIpc) is 2.51. The minimum Gasteiger partial charge on any atom is -0.310 e. The molecule has 2 atom stereocenters. The zero-order chi connectivity index (χ0) is 13.1. The Labute approximate surface area is 121 Å². The maximum Gasteiger partial charge on any atom is 0.128 e. The van der Waals surface area contributed by atoms with Crippen LogP contribution in [-0.2, 0) is 5.75 Å². The minimum absolute atomic E-state index is 0.0727. The Morgan fingerprint density at radius 1 is 1.50 bits per heavy atom. The maximum absolute atomic E-state index is 14.2. The SMILES string of the molecule is CCCNC1CC(C)SCc2c(Br)ccc(F)c21. The highest BCUT2D eigenvalue weighted by molar-refractivity contribution is 9.10. The number of nitrogens with one attached hydrogen (secondary N) is 1. The van der Waals surface area contributed by atoms with Crippen molar-refractivity contribution < 1.29 is 4.39 Å². The molecule has 0 bridgehead atoms. The van der Waals surface area contributed by atoms with Crippen LogP contribution in [0.4, 0.5) is 4.39 Å². The smallest absolute Gasteiger partial charge is 0.128 e. The molecule has 4 heteroatoms. The summed E-state index contributed by atoms with van der Waals surface area (Å²) in [6.07, 6.45) is 2.06. The fourth-order valence-corrected chi connectivity index (χ4v) is 4.14. The topological polar surface area (TPSA) is 12.0 Å². The highest BCUT2D eigenvalue weighted by atomic mass is 79.9. The standard InChI is InChI=1S/C14H19BrFNS/c1-3-6-17-13-7-9(2)18-8-10-11(15)4-5-12(16)14(10)13/h4-5,9,13,17H,3,6-8H2,1-2H3. The second-order valence-electron chi connectivity index (χ2n) is 4.79. The maximum atomic E-state index is 14.2. The Balaban J connectivity index is 2.39. The van der Waals surface area contributed by atoms with E-state index >= 15 is 0 Å². The van der Waals surface area contributed by atoms with Crippen molar-refractivity contribution in [3.63, 3.8) is 0 Å².